The van der Waals surface area contributed by atoms with E-state index in [4.69, 9.17) is 0 Å². The Morgan fingerprint density at radius 1 is 1.19 bits per heavy atom. The van der Waals surface area contributed by atoms with Crippen LogP contribution in [0.1, 0.15) is 30.5 Å². The van der Waals surface area contributed by atoms with Crippen LogP contribution in [0.3, 0.4) is 0 Å². The van der Waals surface area contributed by atoms with Gasteiger partial charge in [0, 0.05) is 17.7 Å². The molecule has 5 nitrogen and oxygen atoms in total. The fraction of sp³-hybridized carbons (Fsp3) is 0.444. The number of anilines is 1. The van der Waals surface area contributed by atoms with E-state index in [-0.39, 0.29) is 12.4 Å². The van der Waals surface area contributed by atoms with Crippen molar-refractivity contribution in [1.29, 1.82) is 0 Å². The molecule has 0 amide bonds. The molecule has 1 aliphatic heterocycles. The Morgan fingerprint density at radius 3 is 2.44 bits per heavy atom. The first kappa shape index (κ1) is 18.4. The van der Waals surface area contributed by atoms with Crippen molar-refractivity contribution in [2.45, 2.75) is 42.3 Å². The highest BCUT2D eigenvalue weighted by molar-refractivity contribution is 7.85. The first-order chi connectivity index (χ1) is 12.8. The highest BCUT2D eigenvalue weighted by atomic mass is 32.2. The van der Waals surface area contributed by atoms with Crippen LogP contribution in [0.25, 0.3) is 11.4 Å². The molecule has 1 aromatic heterocycles. The van der Waals surface area contributed by atoms with Crippen molar-refractivity contribution in [1.82, 2.24) is 9.97 Å². The molecule has 2 N–H and O–H groups in total. The van der Waals surface area contributed by atoms with E-state index in [1.807, 2.05) is 0 Å². The van der Waals surface area contributed by atoms with Gasteiger partial charge < -0.3 is 10.4 Å². The lowest BCUT2D eigenvalue weighted by atomic mass is 9.77. The summed E-state index contributed by atoms with van der Waals surface area (Å²) in [6.45, 7) is -0.0615. The normalized spacial score (nSPS) is 20.8. The van der Waals surface area contributed by atoms with E-state index >= 15 is 0 Å². The third kappa shape index (κ3) is 3.34. The van der Waals surface area contributed by atoms with Crippen LogP contribution in [0.4, 0.5) is 19.0 Å². The number of rotatable bonds is 4. The van der Waals surface area contributed by atoms with Gasteiger partial charge in [0.25, 0.3) is 0 Å². The molecule has 2 heterocycles. The first-order valence-corrected chi connectivity index (χ1v) is 9.99. The van der Waals surface area contributed by atoms with E-state index in [0.29, 0.717) is 34.1 Å². The fourth-order valence-corrected chi connectivity index (χ4v) is 4.70. The monoisotopic (exact) mass is 397 g/mol. The largest absolute Gasteiger partial charge is 0.416 e. The van der Waals surface area contributed by atoms with E-state index in [9.17, 15) is 22.5 Å². The number of hydrogen-bond acceptors (Lipinski definition) is 5. The summed E-state index contributed by atoms with van der Waals surface area (Å²) in [7, 11) is -1.22. The molecule has 0 saturated heterocycles. The van der Waals surface area contributed by atoms with Crippen molar-refractivity contribution in [2.24, 2.45) is 0 Å². The average Bonchev–Trinajstić information content (AvgIpc) is 2.99. The zero-order valence-electron chi connectivity index (χ0n) is 14.3. The number of aliphatic hydroxyl groups is 1. The SMILES string of the molecule is O=[S@]1CCc2nc(-c3ccc(C(F)(F)F)cc3)nc(NC3(CO)CCC3)c21. The van der Waals surface area contributed by atoms with Crippen LogP contribution < -0.4 is 5.32 Å². The summed E-state index contributed by atoms with van der Waals surface area (Å²) in [5.41, 5.74) is -0.112. The van der Waals surface area contributed by atoms with E-state index < -0.39 is 28.1 Å². The number of alkyl halides is 3. The van der Waals surface area contributed by atoms with Crippen molar-refractivity contribution >= 4 is 16.6 Å². The van der Waals surface area contributed by atoms with Gasteiger partial charge in [-0.1, -0.05) is 12.1 Å². The molecule has 1 fully saturated rings. The Labute approximate surface area is 156 Å². The van der Waals surface area contributed by atoms with Crippen molar-refractivity contribution in [2.75, 3.05) is 17.7 Å². The highest BCUT2D eigenvalue weighted by Crippen LogP contribution is 2.38. The first-order valence-electron chi connectivity index (χ1n) is 8.67. The molecule has 1 aromatic carbocycles. The second-order valence-electron chi connectivity index (χ2n) is 6.96. The fourth-order valence-electron chi connectivity index (χ4n) is 3.40. The smallest absolute Gasteiger partial charge is 0.394 e. The van der Waals surface area contributed by atoms with E-state index in [1.54, 1.807) is 0 Å². The molecule has 0 spiro atoms. The number of nitrogens with zero attached hydrogens (tertiary/aromatic N) is 2. The van der Waals surface area contributed by atoms with Gasteiger partial charge in [-0.05, 0) is 31.4 Å². The van der Waals surface area contributed by atoms with Crippen LogP contribution in [-0.4, -0.2) is 37.2 Å². The molecule has 0 bridgehead atoms. The van der Waals surface area contributed by atoms with E-state index in [2.05, 4.69) is 15.3 Å². The third-order valence-electron chi connectivity index (χ3n) is 5.15. The number of aryl methyl sites for hydroxylation is 1. The van der Waals surface area contributed by atoms with Crippen molar-refractivity contribution in [3.63, 3.8) is 0 Å². The molecule has 1 atom stereocenters. The summed E-state index contributed by atoms with van der Waals surface area (Å²) in [5, 5.41) is 13.0. The molecule has 0 radical (unpaired) electrons. The number of benzene rings is 1. The number of nitrogens with one attached hydrogen (secondary N) is 1. The predicted molar refractivity (Wildman–Crippen MR) is 94.7 cm³/mol. The van der Waals surface area contributed by atoms with E-state index in [0.717, 1.165) is 31.4 Å². The van der Waals surface area contributed by atoms with Gasteiger partial charge in [0.1, 0.15) is 10.7 Å². The number of aromatic nitrogens is 2. The van der Waals surface area contributed by atoms with Gasteiger partial charge in [0.2, 0.25) is 0 Å². The zero-order valence-corrected chi connectivity index (χ0v) is 15.2. The molecule has 1 aliphatic carbocycles. The number of fused-ring (bicyclic) bond motifs is 1. The second-order valence-corrected chi connectivity index (χ2v) is 8.47. The Bertz CT molecular complexity index is 890. The van der Waals surface area contributed by atoms with Gasteiger partial charge in [-0.3, -0.25) is 4.21 Å². The van der Waals surface area contributed by atoms with Gasteiger partial charge in [-0.15, -0.1) is 0 Å². The van der Waals surface area contributed by atoms with Crippen LogP contribution >= 0.6 is 0 Å². The maximum absolute atomic E-state index is 12.8. The maximum Gasteiger partial charge on any atom is 0.416 e. The molecular formula is C18H18F3N3O2S. The molecule has 0 unspecified atom stereocenters. The molecule has 4 rings (SSSR count). The summed E-state index contributed by atoms with van der Waals surface area (Å²) in [6, 6.07) is 4.67. The Kier molecular flexibility index (Phi) is 4.46. The van der Waals surface area contributed by atoms with Gasteiger partial charge in [-0.2, -0.15) is 13.2 Å². The van der Waals surface area contributed by atoms with E-state index in [1.165, 1.54) is 12.1 Å². The Hall–Kier alpha value is -2.00. The molecule has 9 heteroatoms. The maximum atomic E-state index is 12.8. The molecule has 144 valence electrons. The lowest BCUT2D eigenvalue weighted by molar-refractivity contribution is -0.137. The lowest BCUT2D eigenvalue weighted by Crippen LogP contribution is -2.48. The van der Waals surface area contributed by atoms with Crippen LogP contribution in [-0.2, 0) is 23.4 Å². The number of hydrogen-bond donors (Lipinski definition) is 2. The van der Waals surface area contributed by atoms with Crippen LogP contribution in [0, 0.1) is 0 Å². The topological polar surface area (TPSA) is 75.1 Å². The highest BCUT2D eigenvalue weighted by Gasteiger charge is 2.39. The molecule has 2 aromatic rings. The van der Waals surface area contributed by atoms with Crippen molar-refractivity contribution in [3.05, 3.63) is 35.5 Å². The lowest BCUT2D eigenvalue weighted by Gasteiger charge is -2.41. The van der Waals surface area contributed by atoms with Crippen LogP contribution in [0.5, 0.6) is 0 Å². The minimum absolute atomic E-state index is 0.0615. The van der Waals surface area contributed by atoms with Gasteiger partial charge >= 0.3 is 6.18 Å². The van der Waals surface area contributed by atoms with Crippen molar-refractivity contribution in [3.8, 4) is 11.4 Å². The van der Waals surface area contributed by atoms with Gasteiger partial charge in [0.05, 0.1) is 34.2 Å². The quantitative estimate of drug-likeness (QED) is 0.829. The second kappa shape index (κ2) is 6.56. The predicted octanol–water partition coefficient (Wildman–Crippen LogP) is 3.15. The number of halogens is 3. The number of aliphatic hydroxyl groups excluding tert-OH is 1. The molecular weight excluding hydrogens is 379 g/mol. The minimum Gasteiger partial charge on any atom is -0.394 e. The summed E-state index contributed by atoms with van der Waals surface area (Å²) >= 11 is 0. The molecule has 27 heavy (non-hydrogen) atoms. The average molecular weight is 397 g/mol. The standard InChI is InChI=1S/C18H18F3N3O2S/c19-18(20,21)12-4-2-11(3-5-12)15-22-13-6-9-27(26)14(13)16(23-15)24-17(10-25)7-1-8-17/h2-5,25H,1,6-10H2,(H,22,23,24)/t27-/m0/s1. The van der Waals surface area contributed by atoms with Gasteiger partial charge in [0.15, 0.2) is 5.82 Å². The minimum atomic E-state index is -4.40. The third-order valence-corrected chi connectivity index (χ3v) is 6.61. The molecule has 2 aliphatic rings. The van der Waals surface area contributed by atoms with Crippen LogP contribution in [0.2, 0.25) is 0 Å². The zero-order chi connectivity index (χ0) is 19.2. The summed E-state index contributed by atoms with van der Waals surface area (Å²) < 4.78 is 50.7. The molecule has 1 saturated carbocycles. The summed E-state index contributed by atoms with van der Waals surface area (Å²) in [5.74, 6) is 1.15. The van der Waals surface area contributed by atoms with Crippen molar-refractivity contribution < 1.29 is 22.5 Å². The van der Waals surface area contributed by atoms with Crippen LogP contribution in [0.15, 0.2) is 29.2 Å². The Balaban J connectivity index is 1.74. The summed E-state index contributed by atoms with van der Waals surface area (Å²) in [6.07, 6.45) is -1.33. The Morgan fingerprint density at radius 2 is 1.89 bits per heavy atom. The summed E-state index contributed by atoms with van der Waals surface area (Å²) in [4.78, 5) is 9.45. The van der Waals surface area contributed by atoms with Gasteiger partial charge in [-0.25, -0.2) is 9.97 Å².